The first-order valence-electron chi connectivity index (χ1n) is 8.76. The van der Waals surface area contributed by atoms with Gasteiger partial charge in [0.1, 0.15) is 0 Å². The number of anilines is 2. The Bertz CT molecular complexity index is 670. The van der Waals surface area contributed by atoms with E-state index in [9.17, 15) is 14.4 Å². The molecule has 2 rings (SSSR count). The summed E-state index contributed by atoms with van der Waals surface area (Å²) in [5, 5.41) is 5.68. The predicted octanol–water partition coefficient (Wildman–Crippen LogP) is 2.79. The third kappa shape index (κ3) is 5.05. The minimum absolute atomic E-state index is 0.0502. The number of amides is 3. The van der Waals surface area contributed by atoms with Crippen molar-refractivity contribution in [3.63, 3.8) is 0 Å². The van der Waals surface area contributed by atoms with Gasteiger partial charge in [0.15, 0.2) is 0 Å². The van der Waals surface area contributed by atoms with E-state index in [0.717, 1.165) is 30.6 Å². The minimum atomic E-state index is -0.188. The molecular weight excluding hydrogens is 318 g/mol. The van der Waals surface area contributed by atoms with Crippen molar-refractivity contribution in [3.8, 4) is 0 Å². The molecule has 25 heavy (non-hydrogen) atoms. The van der Waals surface area contributed by atoms with Crippen LogP contribution in [0.5, 0.6) is 0 Å². The fourth-order valence-corrected chi connectivity index (χ4v) is 3.07. The molecule has 0 bridgehead atoms. The van der Waals surface area contributed by atoms with Gasteiger partial charge < -0.3 is 15.5 Å². The smallest absolute Gasteiger partial charge is 0.229 e. The summed E-state index contributed by atoms with van der Waals surface area (Å²) in [7, 11) is 0. The van der Waals surface area contributed by atoms with Crippen LogP contribution in [0.15, 0.2) is 18.2 Å². The second-order valence-electron chi connectivity index (χ2n) is 6.98. The molecule has 0 saturated carbocycles. The van der Waals surface area contributed by atoms with E-state index < -0.39 is 0 Å². The van der Waals surface area contributed by atoms with Gasteiger partial charge in [-0.05, 0) is 43.5 Å². The van der Waals surface area contributed by atoms with E-state index in [1.165, 1.54) is 6.92 Å². The quantitative estimate of drug-likeness (QED) is 0.881. The molecule has 0 spiro atoms. The number of likely N-dealkylation sites (tertiary alicyclic amines) is 1. The molecule has 0 radical (unpaired) electrons. The van der Waals surface area contributed by atoms with Crippen LogP contribution in [0.3, 0.4) is 0 Å². The molecule has 1 fully saturated rings. The number of nitrogens with one attached hydrogen (secondary N) is 2. The highest BCUT2D eigenvalue weighted by Crippen LogP contribution is 2.23. The van der Waals surface area contributed by atoms with Crippen LogP contribution in [0.2, 0.25) is 0 Å². The minimum Gasteiger partial charge on any atom is -0.342 e. The highest BCUT2D eigenvalue weighted by atomic mass is 16.2. The second kappa shape index (κ2) is 8.14. The number of aryl methyl sites for hydroxylation is 1. The second-order valence-corrected chi connectivity index (χ2v) is 6.98. The molecule has 1 aliphatic heterocycles. The summed E-state index contributed by atoms with van der Waals surface area (Å²) >= 11 is 0. The number of nitrogens with zero attached hydrogens (tertiary/aromatic N) is 1. The molecule has 2 N–H and O–H groups in total. The Kier molecular flexibility index (Phi) is 6.17. The Morgan fingerprint density at radius 3 is 2.52 bits per heavy atom. The Labute approximate surface area is 149 Å². The van der Waals surface area contributed by atoms with Crippen LogP contribution in [0.1, 0.15) is 39.2 Å². The average molecular weight is 345 g/mol. The fraction of sp³-hybridized carbons (Fsp3) is 0.526. The zero-order valence-corrected chi connectivity index (χ0v) is 15.4. The first kappa shape index (κ1) is 19.0. The zero-order valence-electron chi connectivity index (χ0n) is 15.4. The number of carbonyl (C=O) groups is 3. The van der Waals surface area contributed by atoms with Crippen LogP contribution in [0.4, 0.5) is 11.4 Å². The summed E-state index contributed by atoms with van der Waals surface area (Å²) in [6.07, 6.45) is 1.63. The van der Waals surface area contributed by atoms with Crippen molar-refractivity contribution in [2.24, 2.45) is 11.8 Å². The summed E-state index contributed by atoms with van der Waals surface area (Å²) in [6.45, 7) is 8.31. The first-order valence-corrected chi connectivity index (χ1v) is 8.76. The third-order valence-corrected chi connectivity index (χ3v) is 4.40. The van der Waals surface area contributed by atoms with Crippen molar-refractivity contribution in [2.45, 2.75) is 40.5 Å². The molecular formula is C19H27N3O3. The normalized spacial score (nSPS) is 17.3. The highest BCUT2D eigenvalue weighted by molar-refractivity contribution is 5.94. The van der Waals surface area contributed by atoms with Crippen molar-refractivity contribution in [2.75, 3.05) is 23.7 Å². The number of rotatable bonds is 4. The number of carbonyl (C=O) groups excluding carboxylic acids is 3. The first-order chi connectivity index (χ1) is 11.8. The lowest BCUT2D eigenvalue weighted by Crippen LogP contribution is -2.45. The van der Waals surface area contributed by atoms with Crippen molar-refractivity contribution >= 4 is 29.1 Å². The van der Waals surface area contributed by atoms with Gasteiger partial charge in [0.2, 0.25) is 17.7 Å². The summed E-state index contributed by atoms with van der Waals surface area (Å²) in [5.74, 6) is -0.324. The van der Waals surface area contributed by atoms with Gasteiger partial charge in [0.25, 0.3) is 0 Å². The molecule has 1 saturated heterocycles. The molecule has 136 valence electrons. The lowest BCUT2D eigenvalue weighted by molar-refractivity contribution is -0.137. The number of hydrogen-bond acceptors (Lipinski definition) is 3. The fourth-order valence-electron chi connectivity index (χ4n) is 3.07. The van der Waals surface area contributed by atoms with Gasteiger partial charge in [-0.1, -0.05) is 13.8 Å². The Hall–Kier alpha value is -2.37. The molecule has 1 atom stereocenters. The van der Waals surface area contributed by atoms with Crippen LogP contribution < -0.4 is 10.6 Å². The van der Waals surface area contributed by atoms with E-state index in [-0.39, 0.29) is 29.6 Å². The monoisotopic (exact) mass is 345 g/mol. The molecule has 6 nitrogen and oxygen atoms in total. The van der Waals surface area contributed by atoms with Gasteiger partial charge in [-0.25, -0.2) is 0 Å². The standard InChI is InChI=1S/C19H27N3O3/c1-12(2)19(25)22-9-5-6-15(11-22)18(24)21-16-7-8-17(13(3)10-16)20-14(4)23/h7-8,10,12,15H,5-6,9,11H2,1-4H3,(H,20,23)(H,21,24)/t15-/m1/s1. The molecule has 3 amide bonds. The summed E-state index contributed by atoms with van der Waals surface area (Å²) in [6, 6.07) is 5.39. The maximum absolute atomic E-state index is 12.6. The highest BCUT2D eigenvalue weighted by Gasteiger charge is 2.29. The van der Waals surface area contributed by atoms with E-state index in [2.05, 4.69) is 10.6 Å². The van der Waals surface area contributed by atoms with Gasteiger partial charge >= 0.3 is 0 Å². The van der Waals surface area contributed by atoms with Crippen LogP contribution in [0.25, 0.3) is 0 Å². The van der Waals surface area contributed by atoms with Gasteiger partial charge in [0.05, 0.1) is 5.92 Å². The van der Waals surface area contributed by atoms with E-state index in [1.807, 2.05) is 26.8 Å². The lowest BCUT2D eigenvalue weighted by atomic mass is 9.96. The van der Waals surface area contributed by atoms with Crippen molar-refractivity contribution in [1.29, 1.82) is 0 Å². The number of piperidine rings is 1. The summed E-state index contributed by atoms with van der Waals surface area (Å²) < 4.78 is 0. The van der Waals surface area contributed by atoms with Gasteiger partial charge in [0, 0.05) is 37.3 Å². The Morgan fingerprint density at radius 1 is 1.20 bits per heavy atom. The van der Waals surface area contributed by atoms with E-state index in [0.29, 0.717) is 12.2 Å². The van der Waals surface area contributed by atoms with Crippen LogP contribution in [-0.4, -0.2) is 35.7 Å². The van der Waals surface area contributed by atoms with Crippen LogP contribution >= 0.6 is 0 Å². The molecule has 1 aliphatic rings. The Balaban J connectivity index is 2.00. The topological polar surface area (TPSA) is 78.5 Å². The molecule has 1 heterocycles. The molecule has 0 unspecified atom stereocenters. The maximum Gasteiger partial charge on any atom is 0.229 e. The van der Waals surface area contributed by atoms with Gasteiger partial charge in [-0.15, -0.1) is 0 Å². The van der Waals surface area contributed by atoms with Crippen LogP contribution in [-0.2, 0) is 14.4 Å². The molecule has 1 aromatic carbocycles. The molecule has 0 aliphatic carbocycles. The SMILES string of the molecule is CC(=O)Nc1ccc(NC(=O)[C@@H]2CCCN(C(=O)C(C)C)C2)cc1C. The largest absolute Gasteiger partial charge is 0.342 e. The van der Waals surface area contributed by atoms with E-state index in [1.54, 1.807) is 17.0 Å². The maximum atomic E-state index is 12.6. The third-order valence-electron chi connectivity index (χ3n) is 4.40. The Morgan fingerprint density at radius 2 is 1.92 bits per heavy atom. The number of hydrogen-bond donors (Lipinski definition) is 2. The summed E-state index contributed by atoms with van der Waals surface area (Å²) in [5.41, 5.74) is 2.31. The predicted molar refractivity (Wildman–Crippen MR) is 98.3 cm³/mol. The molecule has 0 aromatic heterocycles. The number of benzene rings is 1. The van der Waals surface area contributed by atoms with Crippen LogP contribution in [0, 0.1) is 18.8 Å². The van der Waals surface area contributed by atoms with Gasteiger partial charge in [-0.3, -0.25) is 14.4 Å². The van der Waals surface area contributed by atoms with Crippen molar-refractivity contribution < 1.29 is 14.4 Å². The average Bonchev–Trinajstić information content (AvgIpc) is 2.56. The lowest BCUT2D eigenvalue weighted by Gasteiger charge is -2.33. The summed E-state index contributed by atoms with van der Waals surface area (Å²) in [4.78, 5) is 37.7. The molecule has 1 aromatic rings. The van der Waals surface area contributed by atoms with E-state index >= 15 is 0 Å². The van der Waals surface area contributed by atoms with Crippen molar-refractivity contribution in [3.05, 3.63) is 23.8 Å². The molecule has 6 heteroatoms. The zero-order chi connectivity index (χ0) is 18.6. The van der Waals surface area contributed by atoms with E-state index in [4.69, 9.17) is 0 Å². The van der Waals surface area contributed by atoms with Gasteiger partial charge in [-0.2, -0.15) is 0 Å². The van der Waals surface area contributed by atoms with Crippen molar-refractivity contribution in [1.82, 2.24) is 4.90 Å².